The minimum atomic E-state index is -1.15. The molecule has 0 atom stereocenters. The van der Waals surface area contributed by atoms with Gasteiger partial charge in [-0.05, 0) is 59.2 Å². The van der Waals surface area contributed by atoms with Gasteiger partial charge in [-0.25, -0.2) is 13.6 Å². The van der Waals surface area contributed by atoms with Crippen LogP contribution >= 0.6 is 0 Å². The van der Waals surface area contributed by atoms with Gasteiger partial charge in [0.25, 0.3) is 0 Å². The summed E-state index contributed by atoms with van der Waals surface area (Å²) in [5.74, 6) is -1.63. The first-order chi connectivity index (χ1) is 11.4. The van der Waals surface area contributed by atoms with Gasteiger partial charge in [0.1, 0.15) is 11.6 Å². The monoisotopic (exact) mass is 355 g/mol. The Morgan fingerprint density at radius 2 is 1.60 bits per heavy atom. The maximum absolute atomic E-state index is 14.6. The van der Waals surface area contributed by atoms with E-state index < -0.39 is 36.0 Å². The Labute approximate surface area is 147 Å². The molecular weight excluding hydrogens is 331 g/mol. The second kappa shape index (κ2) is 6.57. The maximum Gasteiger partial charge on any atom is 0.500 e. The van der Waals surface area contributed by atoms with Crippen LogP contribution in [0.3, 0.4) is 0 Å². The number of benzene rings is 1. The van der Waals surface area contributed by atoms with Crippen LogP contribution < -0.4 is 5.46 Å². The second-order valence-electron chi connectivity index (χ2n) is 7.57. The quantitative estimate of drug-likeness (QED) is 0.843. The molecule has 1 aliphatic rings. The molecule has 1 fully saturated rings. The number of carboxylic acid groups (broad SMARTS) is 1. The molecule has 0 unspecified atom stereocenters. The van der Waals surface area contributed by atoms with Crippen LogP contribution in [0.25, 0.3) is 0 Å². The number of amides is 1. The van der Waals surface area contributed by atoms with Crippen LogP contribution in [-0.4, -0.2) is 40.5 Å². The smallest absolute Gasteiger partial charge is 0.465 e. The molecule has 1 N–H and O–H groups in total. The molecule has 0 saturated carbocycles. The number of rotatable bonds is 4. The van der Waals surface area contributed by atoms with Gasteiger partial charge < -0.3 is 19.3 Å². The topological polar surface area (TPSA) is 59.0 Å². The van der Waals surface area contributed by atoms with Crippen molar-refractivity contribution in [3.8, 4) is 0 Å². The fourth-order valence-electron chi connectivity index (χ4n) is 2.58. The highest BCUT2D eigenvalue weighted by atomic mass is 19.1. The standard InChI is InChI=1S/C17H24BF2NO4/c1-10(2)21(15(22)23)9-11-7-12(19)14(13(20)8-11)18-24-16(3,4)17(5,6)25-18/h7-8,10H,9H2,1-6H3,(H,22,23). The van der Waals surface area contributed by atoms with Crippen molar-refractivity contribution in [3.05, 3.63) is 29.3 Å². The zero-order valence-electron chi connectivity index (χ0n) is 15.4. The Morgan fingerprint density at radius 1 is 1.16 bits per heavy atom. The van der Waals surface area contributed by atoms with E-state index in [1.165, 1.54) is 0 Å². The number of halogens is 2. The van der Waals surface area contributed by atoms with Crippen LogP contribution in [0.2, 0.25) is 0 Å². The molecule has 1 heterocycles. The lowest BCUT2D eigenvalue weighted by molar-refractivity contribution is 0.00578. The fraction of sp³-hybridized carbons (Fsp3) is 0.588. The van der Waals surface area contributed by atoms with E-state index in [-0.39, 0.29) is 23.6 Å². The highest BCUT2D eigenvalue weighted by Gasteiger charge is 2.53. The van der Waals surface area contributed by atoms with Crippen molar-refractivity contribution < 1.29 is 28.0 Å². The maximum atomic E-state index is 14.6. The van der Waals surface area contributed by atoms with Crippen LogP contribution in [0.15, 0.2) is 12.1 Å². The summed E-state index contributed by atoms with van der Waals surface area (Å²) >= 11 is 0. The van der Waals surface area contributed by atoms with Gasteiger partial charge in [-0.15, -0.1) is 0 Å². The average molecular weight is 355 g/mol. The molecule has 0 radical (unpaired) electrons. The average Bonchev–Trinajstić information content (AvgIpc) is 2.62. The van der Waals surface area contributed by atoms with E-state index in [0.717, 1.165) is 17.0 Å². The summed E-state index contributed by atoms with van der Waals surface area (Å²) in [4.78, 5) is 12.3. The Kier molecular flexibility index (Phi) is 5.17. The predicted molar refractivity (Wildman–Crippen MR) is 90.8 cm³/mol. The summed E-state index contributed by atoms with van der Waals surface area (Å²) in [5, 5.41) is 9.18. The Balaban J connectivity index is 2.31. The molecule has 1 aliphatic heterocycles. The third kappa shape index (κ3) is 3.79. The largest absolute Gasteiger partial charge is 0.500 e. The summed E-state index contributed by atoms with van der Waals surface area (Å²) in [6, 6.07) is 1.94. The lowest BCUT2D eigenvalue weighted by Crippen LogP contribution is -2.41. The van der Waals surface area contributed by atoms with Gasteiger partial charge in [0.15, 0.2) is 0 Å². The van der Waals surface area contributed by atoms with Gasteiger partial charge in [-0.1, -0.05) is 0 Å². The van der Waals surface area contributed by atoms with Gasteiger partial charge in [0.05, 0.1) is 16.7 Å². The number of hydrogen-bond acceptors (Lipinski definition) is 3. The second-order valence-corrected chi connectivity index (χ2v) is 7.57. The van der Waals surface area contributed by atoms with Gasteiger partial charge >= 0.3 is 13.2 Å². The Hall–Kier alpha value is -1.67. The minimum absolute atomic E-state index is 0.107. The van der Waals surface area contributed by atoms with Gasteiger partial charge in [0.2, 0.25) is 0 Å². The van der Waals surface area contributed by atoms with Crippen LogP contribution in [0.1, 0.15) is 47.1 Å². The highest BCUT2D eigenvalue weighted by molar-refractivity contribution is 6.62. The van der Waals surface area contributed by atoms with Gasteiger partial charge in [0, 0.05) is 12.6 Å². The first kappa shape index (κ1) is 19.7. The first-order valence-corrected chi connectivity index (χ1v) is 8.19. The van der Waals surface area contributed by atoms with Gasteiger partial charge in [-0.2, -0.15) is 0 Å². The molecule has 0 bridgehead atoms. The lowest BCUT2D eigenvalue weighted by Gasteiger charge is -2.32. The summed E-state index contributed by atoms with van der Waals surface area (Å²) < 4.78 is 40.5. The normalized spacial score (nSPS) is 18.7. The molecule has 8 heteroatoms. The third-order valence-corrected chi connectivity index (χ3v) is 4.85. The molecule has 0 aliphatic carbocycles. The van der Waals surface area contributed by atoms with Crippen LogP contribution in [-0.2, 0) is 15.9 Å². The molecule has 138 valence electrons. The van der Waals surface area contributed by atoms with E-state index in [2.05, 4.69) is 0 Å². The van der Waals surface area contributed by atoms with E-state index in [1.807, 2.05) is 0 Å². The van der Waals surface area contributed by atoms with Crippen molar-refractivity contribution in [1.82, 2.24) is 4.90 Å². The van der Waals surface area contributed by atoms with E-state index in [9.17, 15) is 18.7 Å². The molecule has 1 saturated heterocycles. The lowest BCUT2D eigenvalue weighted by atomic mass is 9.77. The Bertz CT molecular complexity index is 640. The van der Waals surface area contributed by atoms with Crippen molar-refractivity contribution in [1.29, 1.82) is 0 Å². The summed E-state index contributed by atoms with van der Waals surface area (Å²) in [6.45, 7) is 10.5. The van der Waals surface area contributed by atoms with Crippen molar-refractivity contribution in [2.45, 2.75) is 65.3 Å². The van der Waals surface area contributed by atoms with Crippen LogP contribution in [0, 0.1) is 11.6 Å². The summed E-state index contributed by atoms with van der Waals surface area (Å²) in [5.41, 5.74) is -1.50. The number of hydrogen-bond donors (Lipinski definition) is 1. The number of nitrogens with zero attached hydrogens (tertiary/aromatic N) is 1. The van der Waals surface area contributed by atoms with Crippen LogP contribution in [0.5, 0.6) is 0 Å². The molecule has 1 aromatic carbocycles. The van der Waals surface area contributed by atoms with Crippen molar-refractivity contribution >= 4 is 18.7 Å². The molecule has 0 aromatic heterocycles. The van der Waals surface area contributed by atoms with Crippen molar-refractivity contribution in [3.63, 3.8) is 0 Å². The zero-order chi connectivity index (χ0) is 19.2. The third-order valence-electron chi connectivity index (χ3n) is 4.85. The molecule has 5 nitrogen and oxygen atoms in total. The van der Waals surface area contributed by atoms with Crippen LogP contribution in [0.4, 0.5) is 13.6 Å². The van der Waals surface area contributed by atoms with Gasteiger partial charge in [-0.3, -0.25) is 0 Å². The summed E-state index contributed by atoms with van der Waals surface area (Å²) in [7, 11) is -1.15. The fourth-order valence-corrected chi connectivity index (χ4v) is 2.58. The highest BCUT2D eigenvalue weighted by Crippen LogP contribution is 2.36. The van der Waals surface area contributed by atoms with E-state index in [4.69, 9.17) is 9.31 Å². The molecule has 0 spiro atoms. The van der Waals surface area contributed by atoms with E-state index in [0.29, 0.717) is 0 Å². The molecule has 1 amide bonds. The first-order valence-electron chi connectivity index (χ1n) is 8.19. The predicted octanol–water partition coefficient (Wildman–Crippen LogP) is 3.15. The van der Waals surface area contributed by atoms with E-state index in [1.54, 1.807) is 41.5 Å². The number of carbonyl (C=O) groups is 1. The SMILES string of the molecule is CC(C)N(Cc1cc(F)c(B2OC(C)(C)C(C)(C)O2)c(F)c1)C(=O)O. The molecule has 2 rings (SSSR count). The van der Waals surface area contributed by atoms with E-state index >= 15 is 0 Å². The van der Waals surface area contributed by atoms with Crippen molar-refractivity contribution in [2.24, 2.45) is 0 Å². The molecule has 1 aromatic rings. The summed E-state index contributed by atoms with van der Waals surface area (Å²) in [6.07, 6.45) is -1.15. The Morgan fingerprint density at radius 3 is 1.96 bits per heavy atom. The van der Waals surface area contributed by atoms with Crippen molar-refractivity contribution in [2.75, 3.05) is 0 Å². The molecular formula is C17H24BF2NO4. The minimum Gasteiger partial charge on any atom is -0.465 e. The molecule has 25 heavy (non-hydrogen) atoms. The zero-order valence-corrected chi connectivity index (χ0v) is 15.4.